The van der Waals surface area contributed by atoms with Crippen LogP contribution < -0.4 is 20.8 Å². The van der Waals surface area contributed by atoms with Gasteiger partial charge in [0, 0.05) is 23.9 Å². The van der Waals surface area contributed by atoms with E-state index in [2.05, 4.69) is 10.6 Å². The van der Waals surface area contributed by atoms with Gasteiger partial charge >= 0.3 is 23.1 Å². The number of carboxylic acids is 2. The maximum atomic E-state index is 11.2. The molecule has 0 aliphatic heterocycles. The molecule has 4 N–H and O–H groups in total. The van der Waals surface area contributed by atoms with Gasteiger partial charge in [0.2, 0.25) is 0 Å². The average molecular weight is 541 g/mol. The van der Waals surface area contributed by atoms with Crippen molar-refractivity contribution in [3.8, 4) is 0 Å². The second-order valence-corrected chi connectivity index (χ2v) is 11.0. The molecule has 2 rings (SSSR count). The van der Waals surface area contributed by atoms with Crippen LogP contribution in [0.4, 0.5) is 11.4 Å². The van der Waals surface area contributed by atoms with Crippen molar-refractivity contribution in [2.24, 2.45) is 0 Å². The number of anilines is 2. The minimum absolute atomic E-state index is 0. The van der Waals surface area contributed by atoms with Crippen molar-refractivity contribution in [3.05, 3.63) is 48.5 Å². The van der Waals surface area contributed by atoms with E-state index >= 15 is 0 Å². The molecule has 0 saturated carbocycles. The molecule has 0 aliphatic carbocycles. The predicted octanol–water partition coefficient (Wildman–Crippen LogP) is -3.16. The van der Waals surface area contributed by atoms with Crippen LogP contribution in [0, 0.1) is 0 Å². The monoisotopic (exact) mass is 540 g/mol. The molecule has 12 nitrogen and oxygen atoms in total. The zero-order chi connectivity index (χ0) is 26.1. The first-order chi connectivity index (χ1) is 15.7. The molecule has 2 aromatic rings. The Bertz CT molecular complexity index is 1090. The topological polar surface area (TPSA) is 213 Å². The third-order valence-corrected chi connectivity index (χ3v) is 6.44. The van der Waals surface area contributed by atoms with Gasteiger partial charge in [-0.2, -0.15) is 0 Å². The van der Waals surface area contributed by atoms with Gasteiger partial charge in [-0.25, -0.2) is 16.8 Å². The van der Waals surface area contributed by atoms with E-state index in [1.54, 1.807) is 0 Å². The van der Waals surface area contributed by atoms with E-state index in [1.165, 1.54) is 48.5 Å². The van der Waals surface area contributed by atoms with E-state index in [9.17, 15) is 36.6 Å². The smallest absolute Gasteiger partial charge is 0.548 e. The second-order valence-electron chi connectivity index (χ2n) is 6.99. The Hall–Kier alpha value is -2.43. The third kappa shape index (κ3) is 11.2. The van der Waals surface area contributed by atoms with Gasteiger partial charge in [0.25, 0.3) is 0 Å². The van der Waals surface area contributed by atoms with Gasteiger partial charge in [0.05, 0.1) is 47.0 Å². The molecule has 0 radical (unpaired) electrons. The average Bonchev–Trinajstić information content (AvgIpc) is 2.75. The predicted molar refractivity (Wildman–Crippen MR) is 124 cm³/mol. The molecule has 0 bridgehead atoms. The number of aliphatic carboxylic acids is 2. The number of carbonyl (C=O) groups is 2. The number of carboxylic acid groups (broad SMARTS) is 2. The summed E-state index contributed by atoms with van der Waals surface area (Å²) in [6.45, 7) is -1.23. The van der Waals surface area contributed by atoms with Crippen molar-refractivity contribution in [3.63, 3.8) is 0 Å². The molecule has 35 heavy (non-hydrogen) atoms. The number of aliphatic hydroxyl groups excluding tert-OH is 2. The van der Waals surface area contributed by atoms with Gasteiger partial charge in [-0.15, -0.1) is 0 Å². The minimum Gasteiger partial charge on any atom is -0.548 e. The Morgan fingerprint density at radius 3 is 1.14 bits per heavy atom. The summed E-state index contributed by atoms with van der Waals surface area (Å²) in [6.07, 6.45) is 2.15. The summed E-state index contributed by atoms with van der Waals surface area (Å²) in [5.74, 6) is -2.86. The van der Waals surface area contributed by atoms with Gasteiger partial charge in [0.15, 0.2) is 19.7 Å². The number of carbonyl (C=O) groups excluding carboxylic acids is 2. The fourth-order valence-electron chi connectivity index (χ4n) is 2.36. The maximum Gasteiger partial charge on any atom is 2.00 e. The number of hydrogen-bond acceptors (Lipinski definition) is 12. The molecular formula is C20H24MgN2O10S2. The van der Waals surface area contributed by atoms with Crippen LogP contribution in [-0.4, -0.2) is 99.8 Å². The van der Waals surface area contributed by atoms with Crippen molar-refractivity contribution in [2.75, 3.05) is 36.4 Å². The summed E-state index contributed by atoms with van der Waals surface area (Å²) in [5, 5.41) is 43.6. The Morgan fingerprint density at radius 1 is 0.714 bits per heavy atom. The van der Waals surface area contributed by atoms with Gasteiger partial charge in [0.1, 0.15) is 0 Å². The summed E-state index contributed by atoms with van der Waals surface area (Å²) >= 11 is 0. The molecule has 0 aromatic heterocycles. The van der Waals surface area contributed by atoms with Crippen LogP contribution in [0.2, 0.25) is 0 Å². The van der Waals surface area contributed by atoms with Crippen LogP contribution in [0.5, 0.6) is 0 Å². The summed E-state index contributed by atoms with van der Waals surface area (Å²) < 4.78 is 44.7. The third-order valence-electron chi connectivity index (χ3n) is 4.18. The molecule has 15 heteroatoms. The van der Waals surface area contributed by atoms with E-state index in [1.807, 2.05) is 0 Å². The van der Waals surface area contributed by atoms with Crippen molar-refractivity contribution >= 4 is 66.0 Å². The molecule has 0 amide bonds. The van der Waals surface area contributed by atoms with Crippen molar-refractivity contribution in [1.82, 2.24) is 0 Å². The van der Waals surface area contributed by atoms with E-state index in [0.29, 0.717) is 11.4 Å². The quantitative estimate of drug-likeness (QED) is 0.220. The standard InChI is InChI=1S/2C10H13NO5S.Mg/c2*1-17(15,16)8-4-2-7(3-5-8)11-9(6-12)10(13)14;/h2*2-5,9,11-12H,6H2,1H3,(H,13,14);/q;;+2/p-2/t2*9-;/m00./s1. The van der Waals surface area contributed by atoms with E-state index in [0.717, 1.165) is 12.5 Å². The van der Waals surface area contributed by atoms with Crippen molar-refractivity contribution < 1.29 is 46.9 Å². The molecule has 2 aromatic carbocycles. The Balaban J connectivity index is 0.000000642. The van der Waals surface area contributed by atoms with E-state index in [-0.39, 0.29) is 32.8 Å². The summed E-state index contributed by atoms with van der Waals surface area (Å²) in [4.78, 5) is 21.3. The zero-order valence-electron chi connectivity index (χ0n) is 18.9. The van der Waals surface area contributed by atoms with Gasteiger partial charge < -0.3 is 40.6 Å². The number of sulfone groups is 2. The number of aliphatic hydroxyl groups is 2. The van der Waals surface area contributed by atoms with Crippen LogP contribution in [-0.2, 0) is 29.3 Å². The minimum atomic E-state index is -3.28. The first kappa shape index (κ1) is 32.6. The molecule has 188 valence electrons. The molecule has 2 atom stereocenters. The van der Waals surface area contributed by atoms with Crippen molar-refractivity contribution in [1.29, 1.82) is 0 Å². The fraction of sp³-hybridized carbons (Fsp3) is 0.300. The fourth-order valence-corrected chi connectivity index (χ4v) is 3.62. The van der Waals surface area contributed by atoms with Crippen LogP contribution in [0.3, 0.4) is 0 Å². The summed E-state index contributed by atoms with van der Waals surface area (Å²) in [7, 11) is -6.55. The Labute approximate surface area is 219 Å². The molecule has 0 unspecified atom stereocenters. The number of nitrogens with one attached hydrogen (secondary N) is 2. The molecule has 0 saturated heterocycles. The van der Waals surface area contributed by atoms with Crippen LogP contribution in [0.25, 0.3) is 0 Å². The maximum absolute atomic E-state index is 11.2. The zero-order valence-corrected chi connectivity index (χ0v) is 21.9. The van der Waals surface area contributed by atoms with E-state index < -0.39 is 56.9 Å². The summed E-state index contributed by atoms with van der Waals surface area (Å²) in [5.41, 5.74) is 0.779. The number of benzene rings is 2. The number of rotatable bonds is 10. The van der Waals surface area contributed by atoms with Gasteiger partial charge in [-0.1, -0.05) is 0 Å². The molecular weight excluding hydrogens is 517 g/mol. The van der Waals surface area contributed by atoms with E-state index in [4.69, 9.17) is 10.2 Å². The molecule has 0 heterocycles. The molecule has 0 fully saturated rings. The molecule has 0 aliphatic rings. The summed E-state index contributed by atoms with van der Waals surface area (Å²) in [6, 6.07) is 8.62. The first-order valence-electron chi connectivity index (χ1n) is 9.45. The SMILES string of the molecule is CS(=O)(=O)c1ccc(N[C@@H](CO)C(=O)[O-])cc1.CS(=O)(=O)c1ccc(N[C@@H](CO)C(=O)[O-])cc1.[Mg+2]. The Kier molecular flexibility index (Phi) is 13.2. The van der Waals surface area contributed by atoms with Crippen LogP contribution in [0.1, 0.15) is 0 Å². The normalized spacial score (nSPS) is 12.7. The van der Waals surface area contributed by atoms with Crippen molar-refractivity contribution in [2.45, 2.75) is 21.9 Å². The largest absolute Gasteiger partial charge is 2.00 e. The first-order valence-corrected chi connectivity index (χ1v) is 13.2. The Morgan fingerprint density at radius 2 is 0.971 bits per heavy atom. The molecule has 0 spiro atoms. The van der Waals surface area contributed by atoms with Crippen LogP contribution >= 0.6 is 0 Å². The van der Waals surface area contributed by atoms with Gasteiger partial charge in [-0.3, -0.25) is 0 Å². The van der Waals surface area contributed by atoms with Crippen LogP contribution in [0.15, 0.2) is 58.3 Å². The number of hydrogen-bond donors (Lipinski definition) is 4. The van der Waals surface area contributed by atoms with Gasteiger partial charge in [-0.05, 0) is 48.5 Å². The second kappa shape index (κ2) is 14.2.